The fraction of sp³-hybridized carbons (Fsp3) is 0.227. The summed E-state index contributed by atoms with van der Waals surface area (Å²) in [6.45, 7) is 2.84. The van der Waals surface area contributed by atoms with Gasteiger partial charge in [-0.1, -0.05) is 47.1 Å². The molecule has 150 valence electrons. The molecule has 4 rings (SSSR count). The number of nitrogens with zero attached hydrogens (tertiary/aromatic N) is 1. The number of benzene rings is 2. The van der Waals surface area contributed by atoms with Crippen LogP contribution in [-0.2, 0) is 6.54 Å². The van der Waals surface area contributed by atoms with Crippen LogP contribution in [0.5, 0.6) is 5.75 Å². The Morgan fingerprint density at radius 1 is 1.21 bits per heavy atom. The minimum Gasteiger partial charge on any atom is -0.491 e. The third-order valence-corrected chi connectivity index (χ3v) is 5.79. The predicted molar refractivity (Wildman–Crippen MR) is 117 cm³/mol. The van der Waals surface area contributed by atoms with Gasteiger partial charge in [0.1, 0.15) is 28.4 Å². The summed E-state index contributed by atoms with van der Waals surface area (Å²) >= 11 is 7.76. The molecule has 0 saturated heterocycles. The van der Waals surface area contributed by atoms with Crippen molar-refractivity contribution in [3.05, 3.63) is 70.6 Å². The Morgan fingerprint density at radius 3 is 2.93 bits per heavy atom. The lowest BCUT2D eigenvalue weighted by molar-refractivity contribution is 0.0121. The van der Waals surface area contributed by atoms with Crippen molar-refractivity contribution in [2.75, 3.05) is 13.2 Å². The van der Waals surface area contributed by atoms with Gasteiger partial charge in [-0.3, -0.25) is 0 Å². The van der Waals surface area contributed by atoms with Crippen molar-refractivity contribution in [1.82, 2.24) is 10.5 Å². The van der Waals surface area contributed by atoms with E-state index in [0.29, 0.717) is 23.9 Å². The van der Waals surface area contributed by atoms with Crippen LogP contribution < -0.4 is 10.1 Å². The van der Waals surface area contributed by atoms with Gasteiger partial charge < -0.3 is 19.7 Å². The third kappa shape index (κ3) is 4.79. The average molecular weight is 429 g/mol. The molecule has 0 aliphatic carbocycles. The first-order valence-corrected chi connectivity index (χ1v) is 10.5. The highest BCUT2D eigenvalue weighted by atomic mass is 35.5. The van der Waals surface area contributed by atoms with Gasteiger partial charge in [-0.05, 0) is 42.1 Å². The Kier molecular flexibility index (Phi) is 5.87. The largest absolute Gasteiger partial charge is 0.491 e. The normalized spacial score (nSPS) is 13.5. The van der Waals surface area contributed by atoms with E-state index < -0.39 is 5.60 Å². The summed E-state index contributed by atoms with van der Waals surface area (Å²) < 4.78 is 12.2. The van der Waals surface area contributed by atoms with Gasteiger partial charge in [-0.2, -0.15) is 0 Å². The Bertz CT molecular complexity index is 1110. The Hall–Kier alpha value is -2.38. The zero-order valence-electron chi connectivity index (χ0n) is 15.9. The van der Waals surface area contributed by atoms with Gasteiger partial charge >= 0.3 is 0 Å². The van der Waals surface area contributed by atoms with Gasteiger partial charge in [0.05, 0.1) is 0 Å². The fourth-order valence-corrected chi connectivity index (χ4v) is 4.01. The zero-order valence-corrected chi connectivity index (χ0v) is 17.5. The lowest BCUT2D eigenvalue weighted by Gasteiger charge is -2.24. The van der Waals surface area contributed by atoms with Crippen molar-refractivity contribution in [1.29, 1.82) is 0 Å². The van der Waals surface area contributed by atoms with E-state index >= 15 is 0 Å². The van der Waals surface area contributed by atoms with Crippen LogP contribution in [-0.4, -0.2) is 29.0 Å². The van der Waals surface area contributed by atoms with Crippen molar-refractivity contribution in [2.24, 2.45) is 0 Å². The molecule has 1 atom stereocenters. The molecule has 0 spiro atoms. The monoisotopic (exact) mass is 428 g/mol. The molecule has 5 nitrogen and oxygen atoms in total. The molecule has 0 aliphatic heterocycles. The molecule has 0 aliphatic rings. The first kappa shape index (κ1) is 19.9. The molecular formula is C22H21ClN2O3S. The van der Waals surface area contributed by atoms with Gasteiger partial charge in [-0.25, -0.2) is 0 Å². The van der Waals surface area contributed by atoms with Crippen molar-refractivity contribution < 1.29 is 14.4 Å². The van der Waals surface area contributed by atoms with Gasteiger partial charge in [-0.15, -0.1) is 11.3 Å². The molecule has 0 unspecified atom stereocenters. The molecule has 2 N–H and O–H groups in total. The van der Waals surface area contributed by atoms with E-state index in [0.717, 1.165) is 27.1 Å². The van der Waals surface area contributed by atoms with Crippen LogP contribution in [0.2, 0.25) is 5.02 Å². The molecule has 29 heavy (non-hydrogen) atoms. The van der Waals surface area contributed by atoms with Gasteiger partial charge in [0.15, 0.2) is 5.58 Å². The number of thiophene rings is 1. The van der Waals surface area contributed by atoms with Crippen LogP contribution in [0.25, 0.3) is 21.5 Å². The number of halogens is 1. The number of aliphatic hydroxyl groups is 1. The maximum absolute atomic E-state index is 10.6. The van der Waals surface area contributed by atoms with Gasteiger partial charge in [0.2, 0.25) is 0 Å². The standard InChI is InChI=1S/C22H21ClN2O3S/c1-22(26,13-24-12-16-5-2-3-8-18(16)23)14-27-17-7-4-6-15(11-17)20-21-19(28-25-20)9-10-29-21/h2-11,24,26H,12-14H2,1H3/t22-/m0/s1. The maximum atomic E-state index is 10.6. The number of nitrogens with one attached hydrogen (secondary N) is 1. The lowest BCUT2D eigenvalue weighted by atomic mass is 10.1. The smallest absolute Gasteiger partial charge is 0.178 e. The van der Waals surface area contributed by atoms with E-state index in [1.165, 1.54) is 0 Å². The molecule has 7 heteroatoms. The Balaban J connectivity index is 1.36. The summed E-state index contributed by atoms with van der Waals surface area (Å²) in [5.41, 5.74) is 2.45. The molecule has 0 fully saturated rings. The Morgan fingerprint density at radius 2 is 2.07 bits per heavy atom. The second-order valence-electron chi connectivity index (χ2n) is 7.15. The second kappa shape index (κ2) is 8.55. The van der Waals surface area contributed by atoms with Crippen LogP contribution in [0.15, 0.2) is 64.5 Å². The summed E-state index contributed by atoms with van der Waals surface area (Å²) in [6, 6.07) is 17.2. The molecule has 2 aromatic heterocycles. The third-order valence-electron chi connectivity index (χ3n) is 4.52. The quantitative estimate of drug-likeness (QED) is 0.407. The molecule has 0 radical (unpaired) electrons. The van der Waals surface area contributed by atoms with Crippen molar-refractivity contribution in [3.63, 3.8) is 0 Å². The first-order valence-electron chi connectivity index (χ1n) is 9.24. The van der Waals surface area contributed by atoms with E-state index in [9.17, 15) is 5.11 Å². The molecule has 4 aromatic rings. The fourth-order valence-electron chi connectivity index (χ4n) is 2.99. The predicted octanol–water partition coefficient (Wildman–Crippen LogP) is 5.13. The molecule has 0 amide bonds. The zero-order chi connectivity index (χ0) is 20.3. The highest BCUT2D eigenvalue weighted by molar-refractivity contribution is 7.17. The highest BCUT2D eigenvalue weighted by Gasteiger charge is 2.21. The summed E-state index contributed by atoms with van der Waals surface area (Å²) in [5, 5.41) is 20.7. The van der Waals surface area contributed by atoms with Crippen molar-refractivity contribution >= 4 is 33.2 Å². The Labute approximate surface area is 177 Å². The minimum absolute atomic E-state index is 0.152. The molecular weight excluding hydrogens is 408 g/mol. The van der Waals surface area contributed by atoms with Gasteiger partial charge in [0, 0.05) is 23.7 Å². The molecule has 0 saturated carbocycles. The van der Waals surface area contributed by atoms with E-state index in [1.54, 1.807) is 18.3 Å². The van der Waals surface area contributed by atoms with Crippen LogP contribution in [0.1, 0.15) is 12.5 Å². The van der Waals surface area contributed by atoms with E-state index in [2.05, 4.69) is 10.5 Å². The SMILES string of the molecule is C[C@](O)(CNCc1ccccc1Cl)COc1cccc(-c2noc3ccsc23)c1. The number of hydrogen-bond donors (Lipinski definition) is 2. The van der Waals surface area contributed by atoms with Crippen LogP contribution in [0.3, 0.4) is 0 Å². The molecule has 2 heterocycles. The summed E-state index contributed by atoms with van der Waals surface area (Å²) in [6.07, 6.45) is 0. The van der Waals surface area contributed by atoms with Crippen LogP contribution in [0, 0.1) is 0 Å². The number of fused-ring (bicyclic) bond motifs is 1. The minimum atomic E-state index is -1.04. The average Bonchev–Trinajstić information content (AvgIpc) is 3.32. The second-order valence-corrected chi connectivity index (χ2v) is 8.48. The van der Waals surface area contributed by atoms with Crippen LogP contribution in [0.4, 0.5) is 0 Å². The first-order chi connectivity index (χ1) is 14.0. The number of rotatable bonds is 8. The summed E-state index contributed by atoms with van der Waals surface area (Å²) in [5.74, 6) is 0.668. The molecule has 2 aromatic carbocycles. The van der Waals surface area contributed by atoms with E-state index in [4.69, 9.17) is 20.9 Å². The van der Waals surface area contributed by atoms with Crippen molar-refractivity contribution in [2.45, 2.75) is 19.1 Å². The van der Waals surface area contributed by atoms with Crippen molar-refractivity contribution in [3.8, 4) is 17.0 Å². The topological polar surface area (TPSA) is 67.5 Å². The lowest BCUT2D eigenvalue weighted by Crippen LogP contribution is -2.42. The van der Waals surface area contributed by atoms with Crippen LogP contribution >= 0.6 is 22.9 Å². The number of ether oxygens (including phenoxy) is 1. The highest BCUT2D eigenvalue weighted by Crippen LogP contribution is 2.33. The molecule has 0 bridgehead atoms. The summed E-state index contributed by atoms with van der Waals surface area (Å²) in [7, 11) is 0. The van der Waals surface area contributed by atoms with E-state index in [1.807, 2.05) is 60.0 Å². The maximum Gasteiger partial charge on any atom is 0.178 e. The summed E-state index contributed by atoms with van der Waals surface area (Å²) in [4.78, 5) is 0. The van der Waals surface area contributed by atoms with Gasteiger partial charge in [0.25, 0.3) is 0 Å². The number of aromatic nitrogens is 1. The van der Waals surface area contributed by atoms with E-state index in [-0.39, 0.29) is 6.61 Å². The number of hydrogen-bond acceptors (Lipinski definition) is 6.